The van der Waals surface area contributed by atoms with Crippen molar-refractivity contribution in [2.75, 3.05) is 25.5 Å². The Labute approximate surface area is 153 Å². The van der Waals surface area contributed by atoms with Gasteiger partial charge in [-0.3, -0.25) is 9.59 Å². The number of hydrogen-bond donors (Lipinski definition) is 0. The van der Waals surface area contributed by atoms with Crippen molar-refractivity contribution in [3.8, 4) is 5.69 Å². The van der Waals surface area contributed by atoms with Gasteiger partial charge in [0.25, 0.3) is 5.56 Å². The highest BCUT2D eigenvalue weighted by atomic mass is 35.5. The number of hydrogen-bond acceptors (Lipinski definition) is 4. The number of carbonyl (C=O) groups is 1. The molecule has 1 saturated heterocycles. The molecule has 0 spiro atoms. The zero-order valence-corrected chi connectivity index (χ0v) is 15.0. The van der Waals surface area contributed by atoms with Crippen LogP contribution < -0.4 is 10.5 Å². The molecule has 1 amide bonds. The number of halogens is 3. The summed E-state index contributed by atoms with van der Waals surface area (Å²) in [6.07, 6.45) is 2.74. The normalized spacial score (nSPS) is 16.8. The third kappa shape index (κ3) is 3.16. The largest absolute Gasteiger partial charge is 0.357 e. The molecule has 9 heteroatoms. The van der Waals surface area contributed by atoms with E-state index in [0.29, 0.717) is 24.7 Å². The lowest BCUT2D eigenvalue weighted by Crippen LogP contribution is -2.43. The van der Waals surface area contributed by atoms with Crippen molar-refractivity contribution in [1.29, 1.82) is 0 Å². The molecule has 3 rings (SSSR count). The van der Waals surface area contributed by atoms with Gasteiger partial charge in [0, 0.05) is 26.7 Å². The van der Waals surface area contributed by atoms with Crippen LogP contribution in [-0.4, -0.2) is 47.3 Å². The molecule has 2 aromatic rings. The zero-order chi connectivity index (χ0) is 19.0. The van der Waals surface area contributed by atoms with Crippen LogP contribution in [0.2, 0.25) is 5.02 Å². The lowest BCUT2D eigenvalue weighted by Gasteiger charge is -2.28. The summed E-state index contributed by atoms with van der Waals surface area (Å²) in [6.45, 7) is 0.556. The molecule has 6 nitrogen and oxygen atoms in total. The molecular weight excluding hydrogens is 366 g/mol. The highest BCUT2D eigenvalue weighted by Gasteiger charge is 2.34. The first kappa shape index (κ1) is 18.3. The molecule has 1 fully saturated rings. The summed E-state index contributed by atoms with van der Waals surface area (Å²) < 4.78 is 27.8. The number of aromatic nitrogens is 2. The summed E-state index contributed by atoms with van der Waals surface area (Å²) in [5.41, 5.74) is -0.613. The molecule has 26 heavy (non-hydrogen) atoms. The van der Waals surface area contributed by atoms with E-state index in [4.69, 9.17) is 11.6 Å². The molecule has 1 aromatic heterocycles. The van der Waals surface area contributed by atoms with E-state index in [2.05, 4.69) is 5.10 Å². The van der Waals surface area contributed by atoms with Crippen LogP contribution in [0.5, 0.6) is 0 Å². The fraction of sp³-hybridized carbons (Fsp3) is 0.353. The van der Waals surface area contributed by atoms with Gasteiger partial charge in [0.05, 0.1) is 11.9 Å². The van der Waals surface area contributed by atoms with Crippen molar-refractivity contribution in [1.82, 2.24) is 14.7 Å². The minimum atomic E-state index is -0.926. The van der Waals surface area contributed by atoms with Crippen molar-refractivity contribution in [3.63, 3.8) is 0 Å². The van der Waals surface area contributed by atoms with Crippen molar-refractivity contribution in [2.24, 2.45) is 0 Å². The second kappa shape index (κ2) is 7.03. The molecule has 2 heterocycles. The van der Waals surface area contributed by atoms with Crippen molar-refractivity contribution in [2.45, 2.75) is 18.9 Å². The summed E-state index contributed by atoms with van der Waals surface area (Å²) in [6, 6.07) is 2.38. The van der Waals surface area contributed by atoms with Gasteiger partial charge in [-0.1, -0.05) is 11.6 Å². The molecule has 1 aliphatic rings. The van der Waals surface area contributed by atoms with Crippen molar-refractivity contribution >= 4 is 23.2 Å². The Balaban J connectivity index is 2.03. The van der Waals surface area contributed by atoms with E-state index in [9.17, 15) is 18.4 Å². The van der Waals surface area contributed by atoms with Crippen LogP contribution in [0.4, 0.5) is 14.5 Å². The number of amides is 1. The predicted molar refractivity (Wildman–Crippen MR) is 93.8 cm³/mol. The van der Waals surface area contributed by atoms with E-state index in [1.165, 1.54) is 11.1 Å². The lowest BCUT2D eigenvalue weighted by atomic mass is 10.2. The van der Waals surface area contributed by atoms with E-state index in [-0.39, 0.29) is 16.6 Å². The lowest BCUT2D eigenvalue weighted by molar-refractivity contribution is -0.129. The molecule has 0 N–H and O–H groups in total. The van der Waals surface area contributed by atoms with Crippen LogP contribution in [0.1, 0.15) is 12.8 Å². The molecule has 0 saturated carbocycles. The Morgan fingerprint density at radius 2 is 2.04 bits per heavy atom. The van der Waals surface area contributed by atoms with Gasteiger partial charge in [0.1, 0.15) is 22.6 Å². The quantitative estimate of drug-likeness (QED) is 0.816. The summed E-state index contributed by atoms with van der Waals surface area (Å²) in [5, 5.41) is 3.81. The second-order valence-corrected chi connectivity index (χ2v) is 6.62. The predicted octanol–water partition coefficient (Wildman–Crippen LogP) is 2.22. The third-order valence-corrected chi connectivity index (χ3v) is 4.68. The van der Waals surface area contributed by atoms with E-state index >= 15 is 0 Å². The van der Waals surface area contributed by atoms with Gasteiger partial charge in [0.2, 0.25) is 5.91 Å². The Hall–Kier alpha value is -2.48. The SMILES string of the molecule is CN(C)C(=O)C1CCCN1c1cnn(-c2ccc(F)cc2F)c(=O)c1Cl. The fourth-order valence-electron chi connectivity index (χ4n) is 3.06. The molecule has 0 aliphatic carbocycles. The van der Waals surface area contributed by atoms with Crippen LogP contribution in [0.15, 0.2) is 29.2 Å². The van der Waals surface area contributed by atoms with Crippen LogP contribution in [0.3, 0.4) is 0 Å². The van der Waals surface area contributed by atoms with Gasteiger partial charge in [0.15, 0.2) is 5.82 Å². The summed E-state index contributed by atoms with van der Waals surface area (Å²) in [7, 11) is 3.32. The molecule has 1 aromatic carbocycles. The van der Waals surface area contributed by atoms with Gasteiger partial charge in [-0.15, -0.1) is 0 Å². The maximum atomic E-state index is 14.0. The fourth-order valence-corrected chi connectivity index (χ4v) is 3.30. The summed E-state index contributed by atoms with van der Waals surface area (Å²) in [4.78, 5) is 28.1. The van der Waals surface area contributed by atoms with Crippen LogP contribution in [-0.2, 0) is 4.79 Å². The summed E-state index contributed by atoms with van der Waals surface area (Å²) >= 11 is 6.23. The standard InChI is InChI=1S/C17H17ClF2N4O2/c1-22(2)16(25)13-4-3-7-23(13)14-9-21-24(17(26)15(14)18)12-6-5-10(19)8-11(12)20/h5-6,8-9,13H,3-4,7H2,1-2H3. The van der Waals surface area contributed by atoms with Crippen molar-refractivity contribution < 1.29 is 13.6 Å². The molecule has 1 aliphatic heterocycles. The Morgan fingerprint density at radius 1 is 1.31 bits per heavy atom. The Bertz CT molecular complexity index is 916. The van der Waals surface area contributed by atoms with Gasteiger partial charge in [-0.05, 0) is 25.0 Å². The molecular formula is C17H17ClF2N4O2. The third-order valence-electron chi connectivity index (χ3n) is 4.33. The minimum Gasteiger partial charge on any atom is -0.357 e. The number of anilines is 1. The second-order valence-electron chi connectivity index (χ2n) is 6.24. The first-order valence-corrected chi connectivity index (χ1v) is 8.40. The van der Waals surface area contributed by atoms with Gasteiger partial charge in [-0.25, -0.2) is 8.78 Å². The Morgan fingerprint density at radius 3 is 2.69 bits per heavy atom. The highest BCUT2D eigenvalue weighted by Crippen LogP contribution is 2.30. The van der Waals surface area contributed by atoms with E-state index in [1.54, 1.807) is 19.0 Å². The number of carbonyl (C=O) groups excluding carboxylic acids is 1. The molecule has 0 bridgehead atoms. The van der Waals surface area contributed by atoms with Crippen LogP contribution in [0, 0.1) is 11.6 Å². The topological polar surface area (TPSA) is 58.4 Å². The van der Waals surface area contributed by atoms with Gasteiger partial charge < -0.3 is 9.80 Å². The maximum absolute atomic E-state index is 14.0. The monoisotopic (exact) mass is 382 g/mol. The first-order chi connectivity index (χ1) is 12.3. The molecule has 0 radical (unpaired) electrons. The Kier molecular flexibility index (Phi) is 4.95. The van der Waals surface area contributed by atoms with E-state index < -0.39 is 23.2 Å². The van der Waals surface area contributed by atoms with Crippen molar-refractivity contribution in [3.05, 3.63) is 51.4 Å². The van der Waals surface area contributed by atoms with E-state index in [1.807, 2.05) is 0 Å². The maximum Gasteiger partial charge on any atom is 0.292 e. The molecule has 1 atom stereocenters. The van der Waals surface area contributed by atoms with E-state index in [0.717, 1.165) is 23.2 Å². The average molecular weight is 383 g/mol. The molecule has 138 valence electrons. The summed E-state index contributed by atoms with van der Waals surface area (Å²) in [5.74, 6) is -1.78. The van der Waals surface area contributed by atoms with Gasteiger partial charge >= 0.3 is 0 Å². The van der Waals surface area contributed by atoms with Gasteiger partial charge in [-0.2, -0.15) is 9.78 Å². The number of likely N-dealkylation sites (N-methyl/N-ethyl adjacent to an activating group) is 1. The smallest absolute Gasteiger partial charge is 0.292 e. The number of benzene rings is 1. The average Bonchev–Trinajstić information content (AvgIpc) is 3.06. The minimum absolute atomic E-state index is 0.0904. The van der Waals surface area contributed by atoms with Crippen LogP contribution in [0.25, 0.3) is 5.69 Å². The number of rotatable bonds is 3. The highest BCUT2D eigenvalue weighted by molar-refractivity contribution is 6.33. The first-order valence-electron chi connectivity index (χ1n) is 8.02. The van der Waals surface area contributed by atoms with Crippen LogP contribution >= 0.6 is 11.6 Å². The molecule has 1 unspecified atom stereocenters. The number of nitrogens with zero attached hydrogens (tertiary/aromatic N) is 4. The zero-order valence-electron chi connectivity index (χ0n) is 14.2.